The lowest BCUT2D eigenvalue weighted by molar-refractivity contribution is 0.305. The number of allylic oxidation sites excluding steroid dienone is 2. The third-order valence-electron chi connectivity index (χ3n) is 2.24. The van der Waals surface area contributed by atoms with Gasteiger partial charge in [-0.1, -0.05) is 25.5 Å². The first-order valence-electron chi connectivity index (χ1n) is 3.32. The summed E-state index contributed by atoms with van der Waals surface area (Å²) >= 11 is 0. The van der Waals surface area contributed by atoms with Crippen LogP contribution in [0.3, 0.4) is 0 Å². The molecule has 0 bridgehead atoms. The Morgan fingerprint density at radius 1 is 1.50 bits per heavy atom. The summed E-state index contributed by atoms with van der Waals surface area (Å²) in [5.74, 6) is 0. The molecule has 0 spiro atoms. The molecule has 1 rings (SSSR count). The normalized spacial score (nSPS) is 30.1. The smallest absolute Gasteiger partial charge is 0.0142 e. The van der Waals surface area contributed by atoms with Crippen LogP contribution in [0, 0.1) is 5.41 Å². The number of rotatable bonds is 0. The minimum atomic E-state index is 0.550. The molecule has 0 saturated heterocycles. The second-order valence-corrected chi connectivity index (χ2v) is 3.20. The Morgan fingerprint density at radius 3 is 2.12 bits per heavy atom. The minimum absolute atomic E-state index is 0.550. The van der Waals surface area contributed by atoms with Crippen LogP contribution in [-0.2, 0) is 0 Å². The molecule has 0 N–H and O–H groups in total. The molecule has 0 unspecified atom stereocenters. The highest BCUT2D eigenvalue weighted by Gasteiger charge is 2.30. The molecule has 8 heavy (non-hydrogen) atoms. The van der Waals surface area contributed by atoms with Crippen LogP contribution in [0.15, 0.2) is 11.6 Å². The summed E-state index contributed by atoms with van der Waals surface area (Å²) in [7, 11) is 0. The van der Waals surface area contributed by atoms with E-state index in [-0.39, 0.29) is 0 Å². The summed E-state index contributed by atoms with van der Waals surface area (Å²) in [6, 6.07) is 0. The lowest BCUT2D eigenvalue weighted by Gasteiger charge is -2.38. The highest BCUT2D eigenvalue weighted by molar-refractivity contribution is 5.19. The van der Waals surface area contributed by atoms with E-state index in [2.05, 4.69) is 26.8 Å². The Hall–Kier alpha value is -0.260. The molecule has 1 aliphatic carbocycles. The van der Waals surface area contributed by atoms with Crippen LogP contribution in [-0.4, -0.2) is 0 Å². The van der Waals surface area contributed by atoms with E-state index in [4.69, 9.17) is 0 Å². The highest BCUT2D eigenvalue weighted by Crippen LogP contribution is 2.44. The molecule has 1 saturated carbocycles. The lowest BCUT2D eigenvalue weighted by atomic mass is 9.67. The zero-order valence-corrected chi connectivity index (χ0v) is 5.99. The first-order chi connectivity index (χ1) is 3.67. The maximum absolute atomic E-state index is 2.31. The van der Waals surface area contributed by atoms with Gasteiger partial charge in [0.15, 0.2) is 0 Å². The van der Waals surface area contributed by atoms with Gasteiger partial charge in [-0.25, -0.2) is 0 Å². The molecule has 0 heteroatoms. The van der Waals surface area contributed by atoms with Crippen molar-refractivity contribution < 1.29 is 0 Å². The Bertz CT molecular complexity index is 118. The summed E-state index contributed by atoms with van der Waals surface area (Å²) in [5.41, 5.74) is 2.19. The van der Waals surface area contributed by atoms with Crippen LogP contribution in [0.2, 0.25) is 0 Å². The quantitative estimate of drug-likeness (QED) is 0.420. The molecule has 0 amide bonds. The molecule has 1 fully saturated rings. The van der Waals surface area contributed by atoms with E-state index in [9.17, 15) is 0 Å². The van der Waals surface area contributed by atoms with Crippen molar-refractivity contribution in [2.45, 2.75) is 33.6 Å². The van der Waals surface area contributed by atoms with Gasteiger partial charge in [-0.2, -0.15) is 0 Å². The molecule has 0 aliphatic heterocycles. The van der Waals surface area contributed by atoms with Crippen LogP contribution in [0.25, 0.3) is 0 Å². The summed E-state index contributed by atoms with van der Waals surface area (Å²) in [4.78, 5) is 0. The molecule has 46 valence electrons. The summed E-state index contributed by atoms with van der Waals surface area (Å²) < 4.78 is 0. The average molecular weight is 110 g/mol. The van der Waals surface area contributed by atoms with Crippen molar-refractivity contribution in [3.05, 3.63) is 11.6 Å². The van der Waals surface area contributed by atoms with E-state index in [0.29, 0.717) is 5.41 Å². The van der Waals surface area contributed by atoms with Gasteiger partial charge in [0.05, 0.1) is 0 Å². The van der Waals surface area contributed by atoms with Crippen molar-refractivity contribution in [1.82, 2.24) is 0 Å². The Balaban J connectivity index is 2.63. The predicted molar refractivity (Wildman–Crippen MR) is 36.8 cm³/mol. The Kier molecular flexibility index (Phi) is 1.18. The van der Waals surface area contributed by atoms with E-state index >= 15 is 0 Å². The standard InChI is InChI=1S/C8H14/c1-4-7-5-6-8(7,2)3/h4H,5-6H2,1-3H3. The molecule has 0 nitrogen and oxygen atoms in total. The van der Waals surface area contributed by atoms with E-state index in [1.54, 1.807) is 5.57 Å². The van der Waals surface area contributed by atoms with Crippen LogP contribution >= 0.6 is 0 Å². The minimum Gasteiger partial charge on any atom is -0.0879 e. The lowest BCUT2D eigenvalue weighted by Crippen LogP contribution is -2.24. The van der Waals surface area contributed by atoms with Crippen LogP contribution in [0.1, 0.15) is 33.6 Å². The molecule has 0 heterocycles. The predicted octanol–water partition coefficient (Wildman–Crippen LogP) is 2.75. The molecule has 0 aromatic heterocycles. The van der Waals surface area contributed by atoms with Gasteiger partial charge in [-0.05, 0) is 25.2 Å². The second kappa shape index (κ2) is 1.61. The van der Waals surface area contributed by atoms with Gasteiger partial charge in [-0.3, -0.25) is 0 Å². The average Bonchev–Trinajstić information content (AvgIpc) is 1.66. The third kappa shape index (κ3) is 0.683. The molecular formula is C8H14. The van der Waals surface area contributed by atoms with Gasteiger partial charge < -0.3 is 0 Å². The van der Waals surface area contributed by atoms with Crippen LogP contribution in [0.4, 0.5) is 0 Å². The Labute approximate surface area is 51.6 Å². The van der Waals surface area contributed by atoms with Crippen molar-refractivity contribution >= 4 is 0 Å². The van der Waals surface area contributed by atoms with Gasteiger partial charge in [0.25, 0.3) is 0 Å². The van der Waals surface area contributed by atoms with E-state index < -0.39 is 0 Å². The highest BCUT2D eigenvalue weighted by atomic mass is 14.4. The maximum atomic E-state index is 2.31. The van der Waals surface area contributed by atoms with Crippen molar-refractivity contribution in [1.29, 1.82) is 0 Å². The molecular weight excluding hydrogens is 96.1 g/mol. The van der Waals surface area contributed by atoms with Crippen molar-refractivity contribution in [2.24, 2.45) is 5.41 Å². The van der Waals surface area contributed by atoms with Gasteiger partial charge in [0, 0.05) is 0 Å². The Morgan fingerprint density at radius 2 is 2.12 bits per heavy atom. The number of hydrogen-bond acceptors (Lipinski definition) is 0. The van der Waals surface area contributed by atoms with Crippen molar-refractivity contribution in [2.75, 3.05) is 0 Å². The maximum Gasteiger partial charge on any atom is -0.0142 e. The molecule has 0 aromatic rings. The fourth-order valence-electron chi connectivity index (χ4n) is 1.30. The monoisotopic (exact) mass is 110 g/mol. The third-order valence-corrected chi connectivity index (χ3v) is 2.24. The summed E-state index contributed by atoms with van der Waals surface area (Å²) in [5, 5.41) is 0. The molecule has 0 atom stereocenters. The van der Waals surface area contributed by atoms with Crippen LogP contribution < -0.4 is 0 Å². The molecule has 0 aromatic carbocycles. The first-order valence-corrected chi connectivity index (χ1v) is 3.32. The SMILES string of the molecule is CC=C1CCC1(C)C. The van der Waals surface area contributed by atoms with Gasteiger partial charge in [-0.15, -0.1) is 0 Å². The van der Waals surface area contributed by atoms with Gasteiger partial charge >= 0.3 is 0 Å². The second-order valence-electron chi connectivity index (χ2n) is 3.20. The van der Waals surface area contributed by atoms with Crippen molar-refractivity contribution in [3.63, 3.8) is 0 Å². The zero-order valence-electron chi connectivity index (χ0n) is 5.99. The summed E-state index contributed by atoms with van der Waals surface area (Å²) in [6.07, 6.45) is 4.97. The van der Waals surface area contributed by atoms with E-state index in [0.717, 1.165) is 0 Å². The zero-order chi connectivity index (χ0) is 6.20. The topological polar surface area (TPSA) is 0 Å². The number of hydrogen-bond donors (Lipinski definition) is 0. The first kappa shape index (κ1) is 5.87. The molecule has 1 aliphatic rings. The van der Waals surface area contributed by atoms with Gasteiger partial charge in [0.2, 0.25) is 0 Å². The molecule has 0 radical (unpaired) electrons. The largest absolute Gasteiger partial charge is 0.0879 e. The fraction of sp³-hybridized carbons (Fsp3) is 0.750. The fourth-order valence-corrected chi connectivity index (χ4v) is 1.30. The van der Waals surface area contributed by atoms with Crippen molar-refractivity contribution in [3.8, 4) is 0 Å². The van der Waals surface area contributed by atoms with Gasteiger partial charge in [0.1, 0.15) is 0 Å². The van der Waals surface area contributed by atoms with Crippen LogP contribution in [0.5, 0.6) is 0 Å². The summed E-state index contributed by atoms with van der Waals surface area (Å²) in [6.45, 7) is 6.76. The van der Waals surface area contributed by atoms with E-state index in [1.165, 1.54) is 12.8 Å². The van der Waals surface area contributed by atoms with E-state index in [1.807, 2.05) is 0 Å².